The van der Waals surface area contributed by atoms with Gasteiger partial charge in [0.15, 0.2) is 0 Å². The number of alkyl halides is 3. The van der Waals surface area contributed by atoms with Crippen molar-refractivity contribution in [1.82, 2.24) is 5.32 Å². The molecule has 2 aliphatic heterocycles. The first-order valence-corrected chi connectivity index (χ1v) is 9.60. The number of piperidine rings is 1. The van der Waals surface area contributed by atoms with Crippen LogP contribution in [0.4, 0.5) is 27.6 Å². The molecule has 2 atom stereocenters. The molecule has 2 aromatic carbocycles. The molecule has 0 bridgehead atoms. The minimum Gasteiger partial charge on any atom is -0.495 e. The first-order chi connectivity index (χ1) is 14.7. The van der Waals surface area contributed by atoms with Crippen molar-refractivity contribution in [3.63, 3.8) is 0 Å². The summed E-state index contributed by atoms with van der Waals surface area (Å²) >= 11 is 0. The first-order valence-electron chi connectivity index (χ1n) is 9.60. The maximum atomic E-state index is 15.1. The standard InChI is InChI=1S/C21H19F5N2O3/c1-30-17-7-12(11-3-2-4-13(20(11)23)21(24,25)26)14(22)8-16(17)28-15-5-6-27-9-18(15)31-10-19(28)29/h2-4,7-8,15,18,27H,5-6,9-10H2,1H3/t15-,18-/m0/s1. The van der Waals surface area contributed by atoms with Crippen LogP contribution in [0.2, 0.25) is 0 Å². The van der Waals surface area contributed by atoms with E-state index in [-0.39, 0.29) is 36.1 Å². The van der Waals surface area contributed by atoms with Crippen molar-refractivity contribution in [1.29, 1.82) is 0 Å². The lowest BCUT2D eigenvalue weighted by Crippen LogP contribution is -2.61. The zero-order valence-electron chi connectivity index (χ0n) is 16.4. The third kappa shape index (κ3) is 3.85. The summed E-state index contributed by atoms with van der Waals surface area (Å²) in [7, 11) is 1.29. The van der Waals surface area contributed by atoms with Gasteiger partial charge in [-0.15, -0.1) is 0 Å². The number of hydrogen-bond donors (Lipinski definition) is 1. The summed E-state index contributed by atoms with van der Waals surface area (Å²) in [5, 5.41) is 3.16. The summed E-state index contributed by atoms with van der Waals surface area (Å²) < 4.78 is 79.8. The molecule has 1 amide bonds. The van der Waals surface area contributed by atoms with Crippen LogP contribution < -0.4 is 15.0 Å². The Balaban J connectivity index is 1.81. The zero-order chi connectivity index (χ0) is 22.3. The fourth-order valence-corrected chi connectivity index (χ4v) is 4.09. The van der Waals surface area contributed by atoms with Gasteiger partial charge >= 0.3 is 6.18 Å². The van der Waals surface area contributed by atoms with Crippen molar-refractivity contribution in [2.45, 2.75) is 24.7 Å². The number of methoxy groups -OCH3 is 1. The largest absolute Gasteiger partial charge is 0.495 e. The molecule has 1 N–H and O–H groups in total. The summed E-state index contributed by atoms with van der Waals surface area (Å²) in [5.74, 6) is -2.90. The number of nitrogens with zero attached hydrogens (tertiary/aromatic N) is 1. The lowest BCUT2D eigenvalue weighted by atomic mass is 9.96. The molecule has 2 saturated heterocycles. The number of rotatable bonds is 3. The molecule has 0 aromatic heterocycles. The van der Waals surface area contributed by atoms with E-state index < -0.39 is 34.5 Å². The molecule has 31 heavy (non-hydrogen) atoms. The van der Waals surface area contributed by atoms with Crippen molar-refractivity contribution in [2.75, 3.05) is 31.7 Å². The molecular weight excluding hydrogens is 423 g/mol. The fraction of sp³-hybridized carbons (Fsp3) is 0.381. The number of ether oxygens (including phenoxy) is 2. The Bertz CT molecular complexity index is 1010. The van der Waals surface area contributed by atoms with Crippen molar-refractivity contribution in [3.8, 4) is 16.9 Å². The number of carbonyl (C=O) groups is 1. The molecule has 0 aliphatic carbocycles. The Kier molecular flexibility index (Phi) is 5.61. The topological polar surface area (TPSA) is 50.8 Å². The maximum Gasteiger partial charge on any atom is 0.419 e. The van der Waals surface area contributed by atoms with E-state index in [2.05, 4.69) is 5.32 Å². The number of hydrogen-bond acceptors (Lipinski definition) is 4. The Labute approximate surface area is 174 Å². The van der Waals surface area contributed by atoms with Crippen LogP contribution in [0.25, 0.3) is 11.1 Å². The van der Waals surface area contributed by atoms with Gasteiger partial charge in [-0.1, -0.05) is 12.1 Å². The second-order valence-corrected chi connectivity index (χ2v) is 7.34. The highest BCUT2D eigenvalue weighted by atomic mass is 19.4. The SMILES string of the molecule is COc1cc(-c2cccc(C(F)(F)F)c2F)c(F)cc1N1C(=O)CO[C@H]2CNCC[C@@H]21. The molecule has 10 heteroatoms. The molecule has 2 fully saturated rings. The van der Waals surface area contributed by atoms with Crippen molar-refractivity contribution in [3.05, 3.63) is 47.5 Å². The molecule has 0 radical (unpaired) electrons. The van der Waals surface area contributed by atoms with Crippen LogP contribution in [0.3, 0.4) is 0 Å². The van der Waals surface area contributed by atoms with Crippen LogP contribution in [-0.4, -0.2) is 44.9 Å². The summed E-state index contributed by atoms with van der Waals surface area (Å²) in [4.78, 5) is 14.0. The fourth-order valence-electron chi connectivity index (χ4n) is 4.09. The Morgan fingerprint density at radius 3 is 2.68 bits per heavy atom. The van der Waals surface area contributed by atoms with E-state index in [9.17, 15) is 22.4 Å². The number of halogens is 5. The summed E-state index contributed by atoms with van der Waals surface area (Å²) in [6.45, 7) is 0.955. The predicted molar refractivity (Wildman–Crippen MR) is 102 cm³/mol. The summed E-state index contributed by atoms with van der Waals surface area (Å²) in [6, 6.07) is 4.41. The van der Waals surface area contributed by atoms with Crippen LogP contribution in [0.5, 0.6) is 5.75 Å². The van der Waals surface area contributed by atoms with Gasteiger partial charge in [-0.25, -0.2) is 8.78 Å². The van der Waals surface area contributed by atoms with E-state index in [1.54, 1.807) is 0 Å². The minimum absolute atomic E-state index is 0.0424. The Morgan fingerprint density at radius 1 is 1.19 bits per heavy atom. The molecule has 5 nitrogen and oxygen atoms in total. The molecule has 4 rings (SSSR count). The highest BCUT2D eigenvalue weighted by Crippen LogP contribution is 2.41. The van der Waals surface area contributed by atoms with Gasteiger partial charge in [-0.05, 0) is 25.1 Å². The van der Waals surface area contributed by atoms with Crippen LogP contribution in [0.15, 0.2) is 30.3 Å². The van der Waals surface area contributed by atoms with E-state index >= 15 is 4.39 Å². The number of anilines is 1. The van der Waals surface area contributed by atoms with E-state index in [4.69, 9.17) is 9.47 Å². The van der Waals surface area contributed by atoms with E-state index in [1.165, 1.54) is 12.0 Å². The van der Waals surface area contributed by atoms with Crippen molar-refractivity contribution < 1.29 is 36.2 Å². The molecule has 2 heterocycles. The highest BCUT2D eigenvalue weighted by Gasteiger charge is 2.41. The van der Waals surface area contributed by atoms with Crippen molar-refractivity contribution in [2.24, 2.45) is 0 Å². The molecule has 0 unspecified atom stereocenters. The lowest BCUT2D eigenvalue weighted by molar-refractivity contribution is -0.140. The molecule has 166 valence electrons. The summed E-state index contributed by atoms with van der Waals surface area (Å²) in [6.07, 6.45) is -4.66. The number of fused-ring (bicyclic) bond motifs is 1. The Hall–Kier alpha value is -2.72. The van der Waals surface area contributed by atoms with Crippen LogP contribution in [-0.2, 0) is 15.7 Å². The maximum absolute atomic E-state index is 15.1. The number of benzene rings is 2. The van der Waals surface area contributed by atoms with Gasteiger partial charge < -0.3 is 19.7 Å². The van der Waals surface area contributed by atoms with Gasteiger partial charge in [0.1, 0.15) is 24.0 Å². The lowest BCUT2D eigenvalue weighted by Gasteiger charge is -2.44. The monoisotopic (exact) mass is 442 g/mol. The average molecular weight is 442 g/mol. The zero-order valence-corrected chi connectivity index (χ0v) is 16.4. The molecule has 2 aliphatic rings. The smallest absolute Gasteiger partial charge is 0.419 e. The van der Waals surface area contributed by atoms with Crippen molar-refractivity contribution >= 4 is 11.6 Å². The van der Waals surface area contributed by atoms with Gasteiger partial charge in [0.05, 0.1) is 30.5 Å². The average Bonchev–Trinajstić information content (AvgIpc) is 2.73. The van der Waals surface area contributed by atoms with Gasteiger partial charge in [0.25, 0.3) is 5.91 Å². The molecular formula is C21H19F5N2O3. The van der Waals surface area contributed by atoms with Crippen LogP contribution >= 0.6 is 0 Å². The van der Waals surface area contributed by atoms with Crippen LogP contribution in [0.1, 0.15) is 12.0 Å². The second-order valence-electron chi connectivity index (χ2n) is 7.34. The number of nitrogens with one attached hydrogen (secondary N) is 1. The number of amides is 1. The predicted octanol–water partition coefficient (Wildman–Crippen LogP) is 3.75. The summed E-state index contributed by atoms with van der Waals surface area (Å²) in [5.41, 5.74) is -2.31. The third-order valence-electron chi connectivity index (χ3n) is 5.54. The normalized spacial score (nSPS) is 21.7. The number of carbonyl (C=O) groups excluding carboxylic acids is 1. The highest BCUT2D eigenvalue weighted by molar-refractivity contribution is 5.97. The van der Waals surface area contributed by atoms with Crippen LogP contribution in [0, 0.1) is 11.6 Å². The molecule has 0 spiro atoms. The number of morpholine rings is 1. The minimum atomic E-state index is -4.93. The van der Waals surface area contributed by atoms with Gasteiger partial charge in [-0.2, -0.15) is 13.2 Å². The van der Waals surface area contributed by atoms with Gasteiger partial charge in [0, 0.05) is 23.7 Å². The first kappa shape index (κ1) is 21.5. The van der Waals surface area contributed by atoms with Gasteiger partial charge in [-0.3, -0.25) is 4.79 Å². The second kappa shape index (κ2) is 8.08. The Morgan fingerprint density at radius 2 is 1.97 bits per heavy atom. The quantitative estimate of drug-likeness (QED) is 0.736. The molecule has 2 aromatic rings. The third-order valence-corrected chi connectivity index (χ3v) is 5.54. The molecule has 0 saturated carbocycles. The van der Waals surface area contributed by atoms with E-state index in [1.807, 2.05) is 0 Å². The van der Waals surface area contributed by atoms with E-state index in [0.717, 1.165) is 24.3 Å². The van der Waals surface area contributed by atoms with E-state index in [0.29, 0.717) is 25.6 Å². The van der Waals surface area contributed by atoms with Gasteiger partial charge in [0.2, 0.25) is 0 Å².